The minimum Gasteiger partial charge on any atom is -0.179 e. The van der Waals surface area contributed by atoms with Gasteiger partial charge in [0.15, 0.2) is 0 Å². The van der Waals surface area contributed by atoms with E-state index in [0.717, 1.165) is 17.6 Å². The lowest BCUT2D eigenvalue weighted by molar-refractivity contribution is 0.375. The monoisotopic (exact) mass is 174 g/mol. The zero-order chi connectivity index (χ0) is 8.69. The summed E-state index contributed by atoms with van der Waals surface area (Å²) >= 11 is 4.28. The van der Waals surface area contributed by atoms with E-state index in [1.807, 2.05) is 0 Å². The van der Waals surface area contributed by atoms with Crippen molar-refractivity contribution in [1.29, 1.82) is 0 Å². The Kier molecular flexibility index (Phi) is 7.25. The maximum absolute atomic E-state index is 4.28. The normalized spacial score (nSPS) is 13.9. The lowest BCUT2D eigenvalue weighted by Gasteiger charge is -2.16. The van der Waals surface area contributed by atoms with E-state index in [1.165, 1.54) is 25.7 Å². The van der Waals surface area contributed by atoms with Crippen molar-refractivity contribution >= 4 is 12.6 Å². The van der Waals surface area contributed by atoms with Gasteiger partial charge in [0, 0.05) is 0 Å². The van der Waals surface area contributed by atoms with Crippen LogP contribution in [0.2, 0.25) is 0 Å². The van der Waals surface area contributed by atoms with E-state index < -0.39 is 0 Å². The molecular weight excluding hydrogens is 152 g/mol. The van der Waals surface area contributed by atoms with E-state index in [4.69, 9.17) is 0 Å². The first-order chi connectivity index (χ1) is 5.20. The molecule has 0 rings (SSSR count). The number of hydrogen-bond acceptors (Lipinski definition) is 1. The van der Waals surface area contributed by atoms with Crippen molar-refractivity contribution in [2.24, 2.45) is 11.8 Å². The van der Waals surface area contributed by atoms with Gasteiger partial charge in [-0.15, -0.1) is 0 Å². The molecule has 0 aliphatic carbocycles. The first-order valence-electron chi connectivity index (χ1n) is 4.81. The Bertz CT molecular complexity index is 72.9. The van der Waals surface area contributed by atoms with Crippen molar-refractivity contribution in [2.45, 2.75) is 46.5 Å². The maximum atomic E-state index is 4.28. The maximum Gasteiger partial charge on any atom is -0.00953 e. The fraction of sp³-hybridized carbons (Fsp3) is 1.00. The van der Waals surface area contributed by atoms with E-state index >= 15 is 0 Å². The molecule has 0 spiro atoms. The summed E-state index contributed by atoms with van der Waals surface area (Å²) in [6.07, 6.45) is 5.40. The minimum atomic E-state index is 0.853. The van der Waals surface area contributed by atoms with E-state index in [-0.39, 0.29) is 0 Å². The molecule has 0 radical (unpaired) electrons. The zero-order valence-corrected chi connectivity index (χ0v) is 9.03. The number of hydrogen-bond donors (Lipinski definition) is 1. The Balaban J connectivity index is 3.50. The Hall–Kier alpha value is 0.350. The molecule has 0 saturated heterocycles. The van der Waals surface area contributed by atoms with Crippen LogP contribution in [0, 0.1) is 11.8 Å². The third-order valence-corrected chi connectivity index (χ3v) is 2.30. The minimum absolute atomic E-state index is 0.853. The van der Waals surface area contributed by atoms with Crippen LogP contribution in [0.5, 0.6) is 0 Å². The molecule has 0 N–H and O–H groups in total. The summed E-state index contributed by atoms with van der Waals surface area (Å²) in [5, 5.41) is 0. The van der Waals surface area contributed by atoms with E-state index in [2.05, 4.69) is 33.4 Å². The zero-order valence-electron chi connectivity index (χ0n) is 8.14. The van der Waals surface area contributed by atoms with Crippen molar-refractivity contribution < 1.29 is 0 Å². The smallest absolute Gasteiger partial charge is 0.00953 e. The molecular formula is C10H22S. The lowest BCUT2D eigenvalue weighted by Crippen LogP contribution is -2.05. The third-order valence-electron chi connectivity index (χ3n) is 2.04. The van der Waals surface area contributed by atoms with Crippen molar-refractivity contribution in [2.75, 3.05) is 5.75 Å². The predicted octanol–water partition coefficient (Wildman–Crippen LogP) is 3.77. The molecule has 0 aromatic carbocycles. The average molecular weight is 174 g/mol. The summed E-state index contributed by atoms with van der Waals surface area (Å²) in [5.41, 5.74) is 0. The molecule has 0 aromatic heterocycles. The van der Waals surface area contributed by atoms with Crippen LogP contribution in [-0.4, -0.2) is 5.75 Å². The highest BCUT2D eigenvalue weighted by Gasteiger charge is 2.08. The highest BCUT2D eigenvalue weighted by molar-refractivity contribution is 7.80. The number of rotatable bonds is 6. The van der Waals surface area contributed by atoms with Gasteiger partial charge >= 0.3 is 0 Å². The molecule has 0 bridgehead atoms. The molecule has 0 aromatic rings. The fourth-order valence-electron chi connectivity index (χ4n) is 1.64. The quantitative estimate of drug-likeness (QED) is 0.582. The Morgan fingerprint density at radius 2 is 1.82 bits per heavy atom. The molecule has 0 nitrogen and oxygen atoms in total. The van der Waals surface area contributed by atoms with Gasteiger partial charge in [0.25, 0.3) is 0 Å². The third kappa shape index (κ3) is 6.74. The van der Waals surface area contributed by atoms with E-state index in [9.17, 15) is 0 Å². The van der Waals surface area contributed by atoms with Crippen LogP contribution in [0.25, 0.3) is 0 Å². The van der Waals surface area contributed by atoms with Crippen molar-refractivity contribution in [1.82, 2.24) is 0 Å². The highest BCUT2D eigenvalue weighted by atomic mass is 32.1. The molecule has 68 valence electrons. The van der Waals surface area contributed by atoms with Crippen LogP contribution < -0.4 is 0 Å². The van der Waals surface area contributed by atoms with Crippen LogP contribution in [-0.2, 0) is 0 Å². The van der Waals surface area contributed by atoms with Gasteiger partial charge in [0.05, 0.1) is 0 Å². The molecule has 0 heterocycles. The first kappa shape index (κ1) is 11.4. The molecule has 0 aliphatic rings. The topological polar surface area (TPSA) is 0 Å². The van der Waals surface area contributed by atoms with Gasteiger partial charge in [-0.2, -0.15) is 12.6 Å². The van der Waals surface area contributed by atoms with Gasteiger partial charge in [-0.05, 0) is 30.4 Å². The van der Waals surface area contributed by atoms with Gasteiger partial charge in [-0.25, -0.2) is 0 Å². The summed E-state index contributed by atoms with van der Waals surface area (Å²) in [7, 11) is 0. The predicted molar refractivity (Wildman–Crippen MR) is 56.3 cm³/mol. The molecule has 1 heteroatoms. The molecule has 0 amide bonds. The Morgan fingerprint density at radius 3 is 2.18 bits per heavy atom. The van der Waals surface area contributed by atoms with Gasteiger partial charge < -0.3 is 0 Å². The van der Waals surface area contributed by atoms with Gasteiger partial charge in [0.1, 0.15) is 0 Å². The second kappa shape index (κ2) is 7.02. The molecule has 11 heavy (non-hydrogen) atoms. The Labute approximate surface area is 77.2 Å². The molecule has 0 aliphatic heterocycles. The molecule has 0 saturated carbocycles. The average Bonchev–Trinajstić information content (AvgIpc) is 1.87. The largest absolute Gasteiger partial charge is 0.179 e. The van der Waals surface area contributed by atoms with Crippen LogP contribution in [0.15, 0.2) is 0 Å². The molecule has 0 fully saturated rings. The van der Waals surface area contributed by atoms with E-state index in [0.29, 0.717) is 0 Å². The van der Waals surface area contributed by atoms with Crippen LogP contribution >= 0.6 is 12.6 Å². The van der Waals surface area contributed by atoms with Crippen molar-refractivity contribution in [3.63, 3.8) is 0 Å². The first-order valence-corrected chi connectivity index (χ1v) is 5.44. The second-order valence-electron chi connectivity index (χ2n) is 3.80. The van der Waals surface area contributed by atoms with Gasteiger partial charge in [-0.1, -0.05) is 33.6 Å². The molecule has 1 unspecified atom stereocenters. The van der Waals surface area contributed by atoms with Crippen LogP contribution in [0.1, 0.15) is 46.5 Å². The van der Waals surface area contributed by atoms with Crippen molar-refractivity contribution in [3.05, 3.63) is 0 Å². The van der Waals surface area contributed by atoms with Crippen LogP contribution in [0.3, 0.4) is 0 Å². The lowest BCUT2D eigenvalue weighted by atomic mass is 9.91. The fourth-order valence-corrected chi connectivity index (χ4v) is 2.00. The SMILES string of the molecule is CCCC(CCS)CC(C)C. The summed E-state index contributed by atoms with van der Waals surface area (Å²) in [4.78, 5) is 0. The van der Waals surface area contributed by atoms with Crippen LogP contribution in [0.4, 0.5) is 0 Å². The summed E-state index contributed by atoms with van der Waals surface area (Å²) in [5.74, 6) is 2.83. The standard InChI is InChI=1S/C10H22S/c1-4-5-10(6-7-11)8-9(2)3/h9-11H,4-8H2,1-3H3. The van der Waals surface area contributed by atoms with Gasteiger partial charge in [-0.3, -0.25) is 0 Å². The van der Waals surface area contributed by atoms with E-state index in [1.54, 1.807) is 0 Å². The van der Waals surface area contributed by atoms with Gasteiger partial charge in [0.2, 0.25) is 0 Å². The summed E-state index contributed by atoms with van der Waals surface area (Å²) in [6, 6.07) is 0. The molecule has 1 atom stereocenters. The number of thiol groups is 1. The summed E-state index contributed by atoms with van der Waals surface area (Å²) < 4.78 is 0. The summed E-state index contributed by atoms with van der Waals surface area (Å²) in [6.45, 7) is 6.88. The highest BCUT2D eigenvalue weighted by Crippen LogP contribution is 2.20. The van der Waals surface area contributed by atoms with Crippen molar-refractivity contribution in [3.8, 4) is 0 Å². The second-order valence-corrected chi connectivity index (χ2v) is 4.24. The Morgan fingerprint density at radius 1 is 1.18 bits per heavy atom.